The van der Waals surface area contributed by atoms with Crippen molar-refractivity contribution in [3.05, 3.63) is 29.3 Å². The van der Waals surface area contributed by atoms with Crippen LogP contribution in [0.25, 0.3) is 0 Å². The predicted octanol–water partition coefficient (Wildman–Crippen LogP) is 1.14. The van der Waals surface area contributed by atoms with Crippen LogP contribution in [0.4, 0.5) is 0 Å². The summed E-state index contributed by atoms with van der Waals surface area (Å²) in [4.78, 5) is 16.6. The first kappa shape index (κ1) is 18.9. The minimum atomic E-state index is -3.58. The topological polar surface area (TPSA) is 69.7 Å². The highest BCUT2D eigenvalue weighted by Gasteiger charge is 2.20. The average molecular weight is 353 g/mol. The van der Waals surface area contributed by atoms with Gasteiger partial charge in [0.2, 0.25) is 15.9 Å². The largest absolute Gasteiger partial charge is 0.341 e. The van der Waals surface area contributed by atoms with Crippen LogP contribution >= 0.6 is 0 Å². The van der Waals surface area contributed by atoms with Gasteiger partial charge in [0.1, 0.15) is 0 Å². The van der Waals surface area contributed by atoms with Gasteiger partial charge in [0.05, 0.1) is 4.90 Å². The fourth-order valence-corrected chi connectivity index (χ4v) is 4.18. The van der Waals surface area contributed by atoms with Gasteiger partial charge in [-0.2, -0.15) is 0 Å². The summed E-state index contributed by atoms with van der Waals surface area (Å²) in [6.45, 7) is 7.06. The highest BCUT2D eigenvalue weighted by molar-refractivity contribution is 7.89. The number of sulfonamides is 1. The van der Waals surface area contributed by atoms with Crippen molar-refractivity contribution >= 4 is 15.9 Å². The molecule has 0 radical (unpaired) electrons. The van der Waals surface area contributed by atoms with Gasteiger partial charge in [-0.3, -0.25) is 4.79 Å². The lowest BCUT2D eigenvalue weighted by atomic mass is 10.2. The fraction of sp³-hybridized carbons (Fsp3) is 0.588. The Balaban J connectivity index is 1.90. The van der Waals surface area contributed by atoms with Gasteiger partial charge in [-0.15, -0.1) is 0 Å². The summed E-state index contributed by atoms with van der Waals surface area (Å²) < 4.78 is 27.4. The summed E-state index contributed by atoms with van der Waals surface area (Å²) >= 11 is 0. The number of hydrogen-bond donors (Lipinski definition) is 1. The molecule has 1 aliphatic heterocycles. The first-order valence-corrected chi connectivity index (χ1v) is 9.81. The van der Waals surface area contributed by atoms with Crippen molar-refractivity contribution in [2.75, 3.05) is 39.8 Å². The lowest BCUT2D eigenvalue weighted by Crippen LogP contribution is -2.37. The number of hydrogen-bond acceptors (Lipinski definition) is 4. The van der Waals surface area contributed by atoms with E-state index in [1.165, 1.54) is 0 Å². The Hall–Kier alpha value is -1.44. The Morgan fingerprint density at radius 1 is 1.17 bits per heavy atom. The van der Waals surface area contributed by atoms with Gasteiger partial charge in [-0.05, 0) is 51.1 Å². The number of benzene rings is 1. The number of rotatable bonds is 5. The van der Waals surface area contributed by atoms with Crippen LogP contribution in [0, 0.1) is 13.8 Å². The Labute approximate surface area is 144 Å². The molecule has 1 aromatic rings. The molecule has 6 nitrogen and oxygen atoms in total. The molecule has 0 spiro atoms. The van der Waals surface area contributed by atoms with Gasteiger partial charge in [0, 0.05) is 32.6 Å². The summed E-state index contributed by atoms with van der Waals surface area (Å²) in [6, 6.07) is 5.33. The first-order valence-electron chi connectivity index (χ1n) is 8.33. The van der Waals surface area contributed by atoms with Crippen molar-refractivity contribution in [2.24, 2.45) is 0 Å². The van der Waals surface area contributed by atoms with Crippen LogP contribution in [-0.2, 0) is 14.8 Å². The molecule has 134 valence electrons. The summed E-state index contributed by atoms with van der Waals surface area (Å²) in [6.07, 6.45) is 1.14. The molecule has 7 heteroatoms. The van der Waals surface area contributed by atoms with E-state index in [1.807, 2.05) is 24.9 Å². The molecule has 0 aromatic heterocycles. The third kappa shape index (κ3) is 5.03. The van der Waals surface area contributed by atoms with Gasteiger partial charge < -0.3 is 9.80 Å². The van der Waals surface area contributed by atoms with E-state index in [0.29, 0.717) is 12.1 Å². The van der Waals surface area contributed by atoms with Crippen molar-refractivity contribution < 1.29 is 13.2 Å². The Morgan fingerprint density at radius 3 is 2.67 bits per heavy atom. The van der Waals surface area contributed by atoms with E-state index in [4.69, 9.17) is 0 Å². The summed E-state index contributed by atoms with van der Waals surface area (Å²) in [7, 11) is -1.54. The van der Waals surface area contributed by atoms with E-state index in [0.717, 1.165) is 31.6 Å². The molecule has 24 heavy (non-hydrogen) atoms. The quantitative estimate of drug-likeness (QED) is 0.862. The van der Waals surface area contributed by atoms with Crippen molar-refractivity contribution in [3.63, 3.8) is 0 Å². The van der Waals surface area contributed by atoms with E-state index in [2.05, 4.69) is 9.62 Å². The van der Waals surface area contributed by atoms with Gasteiger partial charge in [-0.25, -0.2) is 13.1 Å². The molecule has 0 aliphatic carbocycles. The highest BCUT2D eigenvalue weighted by Crippen LogP contribution is 2.16. The summed E-state index contributed by atoms with van der Waals surface area (Å²) in [5.74, 6) is 0.00830. The van der Waals surface area contributed by atoms with Crippen LogP contribution in [0.1, 0.15) is 24.0 Å². The maximum atomic E-state index is 12.4. The molecule has 1 N–H and O–H groups in total. The number of amides is 1. The Kier molecular flexibility index (Phi) is 6.37. The van der Waals surface area contributed by atoms with E-state index in [-0.39, 0.29) is 23.8 Å². The second kappa shape index (κ2) is 8.09. The van der Waals surface area contributed by atoms with Crippen LogP contribution < -0.4 is 4.72 Å². The predicted molar refractivity (Wildman–Crippen MR) is 94.4 cm³/mol. The Morgan fingerprint density at radius 2 is 1.92 bits per heavy atom. The molecular formula is C17H27N3O3S. The fourth-order valence-electron chi connectivity index (χ4n) is 2.82. The maximum absolute atomic E-state index is 12.4. The molecule has 1 fully saturated rings. The van der Waals surface area contributed by atoms with Crippen molar-refractivity contribution in [1.29, 1.82) is 0 Å². The zero-order valence-corrected chi connectivity index (χ0v) is 15.5. The molecule has 1 aromatic carbocycles. The normalized spacial score (nSPS) is 16.9. The van der Waals surface area contributed by atoms with E-state index in [9.17, 15) is 13.2 Å². The third-order valence-electron chi connectivity index (χ3n) is 4.34. The van der Waals surface area contributed by atoms with Crippen LogP contribution in [0.5, 0.6) is 0 Å². The molecule has 1 aliphatic rings. The lowest BCUT2D eigenvalue weighted by molar-refractivity contribution is -0.130. The first-order chi connectivity index (χ1) is 11.3. The monoisotopic (exact) mass is 353 g/mol. The number of nitrogens with one attached hydrogen (secondary N) is 1. The molecule has 1 amide bonds. The number of carbonyl (C=O) groups is 1. The molecular weight excluding hydrogens is 326 g/mol. The average Bonchev–Trinajstić information content (AvgIpc) is 2.74. The highest BCUT2D eigenvalue weighted by atomic mass is 32.2. The number of aryl methyl sites for hydroxylation is 2. The number of nitrogens with zero attached hydrogens (tertiary/aromatic N) is 2. The van der Waals surface area contributed by atoms with Crippen LogP contribution in [0.2, 0.25) is 0 Å². The van der Waals surface area contributed by atoms with E-state index in [1.54, 1.807) is 19.1 Å². The van der Waals surface area contributed by atoms with Gasteiger partial charge in [-0.1, -0.05) is 12.1 Å². The van der Waals surface area contributed by atoms with Gasteiger partial charge in [0.25, 0.3) is 0 Å². The van der Waals surface area contributed by atoms with Crippen molar-refractivity contribution in [1.82, 2.24) is 14.5 Å². The second-order valence-corrected chi connectivity index (χ2v) is 8.19. The Bertz CT molecular complexity index is 688. The van der Waals surface area contributed by atoms with Crippen LogP contribution in [-0.4, -0.2) is 63.9 Å². The molecule has 0 atom stereocenters. The summed E-state index contributed by atoms with van der Waals surface area (Å²) in [5, 5.41) is 0. The molecule has 0 saturated carbocycles. The second-order valence-electron chi connectivity index (χ2n) is 6.45. The molecule has 2 rings (SSSR count). The minimum absolute atomic E-state index is 0.00830. The zero-order valence-electron chi connectivity index (χ0n) is 14.7. The molecule has 0 bridgehead atoms. The number of carbonyl (C=O) groups excluding carboxylic acids is 1. The molecule has 1 saturated heterocycles. The standard InChI is InChI=1S/C17H27N3O3S/c1-14-5-6-15(2)16(13-14)24(22,23)18-8-7-17(21)20-10-4-9-19(3)11-12-20/h5-6,13,18H,4,7-12H2,1-3H3. The smallest absolute Gasteiger partial charge is 0.240 e. The van der Waals surface area contributed by atoms with Crippen molar-refractivity contribution in [2.45, 2.75) is 31.6 Å². The zero-order chi connectivity index (χ0) is 17.7. The van der Waals surface area contributed by atoms with E-state index < -0.39 is 10.0 Å². The lowest BCUT2D eigenvalue weighted by Gasteiger charge is -2.20. The van der Waals surface area contributed by atoms with E-state index >= 15 is 0 Å². The van der Waals surface area contributed by atoms with Gasteiger partial charge in [0.15, 0.2) is 0 Å². The molecule has 0 unspecified atom stereocenters. The maximum Gasteiger partial charge on any atom is 0.240 e. The third-order valence-corrected chi connectivity index (χ3v) is 5.94. The van der Waals surface area contributed by atoms with Crippen LogP contribution in [0.15, 0.2) is 23.1 Å². The molecule has 1 heterocycles. The SMILES string of the molecule is Cc1ccc(C)c(S(=O)(=O)NCCC(=O)N2CCCN(C)CC2)c1. The van der Waals surface area contributed by atoms with Crippen molar-refractivity contribution in [3.8, 4) is 0 Å². The summed E-state index contributed by atoms with van der Waals surface area (Å²) in [5.41, 5.74) is 1.60. The van der Waals surface area contributed by atoms with Gasteiger partial charge >= 0.3 is 0 Å². The minimum Gasteiger partial charge on any atom is -0.341 e. The number of likely N-dealkylation sites (N-methyl/N-ethyl adjacent to an activating group) is 1. The van der Waals surface area contributed by atoms with Crippen LogP contribution in [0.3, 0.4) is 0 Å².